The molecule has 8 nitrogen and oxygen atoms in total. The highest BCUT2D eigenvalue weighted by Crippen LogP contribution is 2.45. The molecule has 3 aromatic rings. The third-order valence-electron chi connectivity index (χ3n) is 5.88. The van der Waals surface area contributed by atoms with E-state index in [1.807, 2.05) is 18.4 Å². The van der Waals surface area contributed by atoms with Gasteiger partial charge in [-0.1, -0.05) is 17.4 Å². The standard InChI is InChI=1S/C25H22N2O6S2/c1-4-32-24(31)22-13(3)26-25(35-22)27-19(17-6-5-9-34-17)18(21(29)23(27)30)20(28)14-7-8-16-15(11-14)10-12(2)33-16/h5-9,11-12,19,28H,4,10H2,1-3H3. The van der Waals surface area contributed by atoms with Crippen LogP contribution >= 0.6 is 22.7 Å². The van der Waals surface area contributed by atoms with Crippen LogP contribution in [-0.4, -0.2) is 40.5 Å². The largest absolute Gasteiger partial charge is 0.507 e. The number of aryl methyl sites for hydroxylation is 1. The van der Waals surface area contributed by atoms with Crippen molar-refractivity contribution in [2.45, 2.75) is 39.3 Å². The Labute approximate surface area is 209 Å². The van der Waals surface area contributed by atoms with Gasteiger partial charge < -0.3 is 14.6 Å². The Morgan fingerprint density at radius 2 is 2.11 bits per heavy atom. The molecule has 5 rings (SSSR count). The summed E-state index contributed by atoms with van der Waals surface area (Å²) in [6.07, 6.45) is 0.717. The number of anilines is 1. The van der Waals surface area contributed by atoms with E-state index in [1.165, 1.54) is 16.2 Å². The number of thiophene rings is 1. The van der Waals surface area contributed by atoms with Gasteiger partial charge in [0, 0.05) is 16.9 Å². The molecule has 2 unspecified atom stereocenters. The maximum Gasteiger partial charge on any atom is 0.350 e. The van der Waals surface area contributed by atoms with Crippen molar-refractivity contribution >= 4 is 51.2 Å². The van der Waals surface area contributed by atoms with Crippen molar-refractivity contribution in [2.75, 3.05) is 11.5 Å². The lowest BCUT2D eigenvalue weighted by Gasteiger charge is -2.21. The van der Waals surface area contributed by atoms with E-state index >= 15 is 0 Å². The number of hydrogen-bond acceptors (Lipinski definition) is 9. The maximum absolute atomic E-state index is 13.3. The van der Waals surface area contributed by atoms with Gasteiger partial charge in [0.25, 0.3) is 5.78 Å². The second-order valence-corrected chi connectivity index (χ2v) is 10.2. The zero-order valence-electron chi connectivity index (χ0n) is 19.2. The molecule has 1 amide bonds. The minimum atomic E-state index is -0.876. The molecule has 0 spiro atoms. The van der Waals surface area contributed by atoms with E-state index in [0.717, 1.165) is 22.6 Å². The van der Waals surface area contributed by atoms with Crippen molar-refractivity contribution in [3.8, 4) is 5.75 Å². The predicted molar refractivity (Wildman–Crippen MR) is 132 cm³/mol. The van der Waals surface area contributed by atoms with Gasteiger partial charge in [0.15, 0.2) is 5.13 Å². The molecule has 1 fully saturated rings. The van der Waals surface area contributed by atoms with Crippen molar-refractivity contribution in [1.29, 1.82) is 0 Å². The van der Waals surface area contributed by atoms with Gasteiger partial charge in [0.2, 0.25) is 0 Å². The molecule has 10 heteroatoms. The zero-order chi connectivity index (χ0) is 24.9. The average Bonchev–Trinajstić information content (AvgIpc) is 3.59. The Hall–Kier alpha value is -3.50. The number of thiazole rings is 1. The van der Waals surface area contributed by atoms with Gasteiger partial charge in [-0.3, -0.25) is 14.5 Å². The average molecular weight is 511 g/mol. The summed E-state index contributed by atoms with van der Waals surface area (Å²) in [4.78, 5) is 45.5. The summed E-state index contributed by atoms with van der Waals surface area (Å²) in [5, 5.41) is 13.3. The van der Waals surface area contributed by atoms with Crippen LogP contribution in [0.3, 0.4) is 0 Å². The minimum Gasteiger partial charge on any atom is -0.507 e. The van der Waals surface area contributed by atoms with Crippen LogP contribution in [0.5, 0.6) is 5.75 Å². The monoisotopic (exact) mass is 510 g/mol. The first kappa shape index (κ1) is 23.3. The van der Waals surface area contributed by atoms with Crippen LogP contribution in [0.1, 0.15) is 51.3 Å². The first-order valence-corrected chi connectivity index (χ1v) is 12.8. The second kappa shape index (κ2) is 8.94. The van der Waals surface area contributed by atoms with E-state index in [0.29, 0.717) is 22.6 Å². The van der Waals surface area contributed by atoms with Gasteiger partial charge in [-0.25, -0.2) is 9.78 Å². The lowest BCUT2D eigenvalue weighted by molar-refractivity contribution is -0.132. The molecule has 2 aliphatic heterocycles. The molecule has 0 radical (unpaired) electrons. The molecular weight excluding hydrogens is 488 g/mol. The molecule has 4 heterocycles. The number of rotatable bonds is 5. The number of esters is 1. The van der Waals surface area contributed by atoms with Gasteiger partial charge in [0.05, 0.1) is 17.9 Å². The number of fused-ring (bicyclic) bond motifs is 1. The Morgan fingerprint density at radius 3 is 2.83 bits per heavy atom. The quantitative estimate of drug-likeness (QED) is 0.231. The van der Waals surface area contributed by atoms with Crippen LogP contribution in [-0.2, 0) is 20.7 Å². The second-order valence-electron chi connectivity index (χ2n) is 8.27. The summed E-state index contributed by atoms with van der Waals surface area (Å²) < 4.78 is 10.8. The van der Waals surface area contributed by atoms with Gasteiger partial charge in [-0.05, 0) is 56.0 Å². The lowest BCUT2D eigenvalue weighted by Crippen LogP contribution is -2.29. The fraction of sp³-hybridized carbons (Fsp3) is 0.280. The van der Waals surface area contributed by atoms with E-state index in [2.05, 4.69) is 4.98 Å². The summed E-state index contributed by atoms with van der Waals surface area (Å²) in [5.41, 5.74) is 1.75. The van der Waals surface area contributed by atoms with Gasteiger partial charge in [-0.15, -0.1) is 11.3 Å². The van der Waals surface area contributed by atoms with Gasteiger partial charge in [0.1, 0.15) is 28.5 Å². The SMILES string of the molecule is CCOC(=O)c1sc(N2C(=O)C(=O)C(=C(O)c3ccc4c(c3)CC(C)O4)C2c2cccs2)nc1C. The molecule has 2 aromatic heterocycles. The molecule has 35 heavy (non-hydrogen) atoms. The first-order chi connectivity index (χ1) is 16.8. The maximum atomic E-state index is 13.3. The number of aliphatic hydroxyl groups excluding tert-OH is 1. The van der Waals surface area contributed by atoms with Crippen LogP contribution in [0.25, 0.3) is 5.76 Å². The fourth-order valence-electron chi connectivity index (χ4n) is 4.34. The van der Waals surface area contributed by atoms with Crippen LogP contribution < -0.4 is 9.64 Å². The van der Waals surface area contributed by atoms with E-state index < -0.39 is 23.7 Å². The van der Waals surface area contributed by atoms with Crippen LogP contribution in [0.2, 0.25) is 0 Å². The molecule has 1 aromatic carbocycles. The molecule has 0 bridgehead atoms. The number of aromatic nitrogens is 1. The molecule has 2 aliphatic rings. The fourth-order valence-corrected chi connectivity index (χ4v) is 6.15. The molecule has 180 valence electrons. The molecule has 1 N–H and O–H groups in total. The van der Waals surface area contributed by atoms with Crippen molar-refractivity contribution < 1.29 is 29.0 Å². The Bertz CT molecular complexity index is 1370. The lowest BCUT2D eigenvalue weighted by atomic mass is 9.98. The molecular formula is C25H22N2O6S2. The first-order valence-electron chi connectivity index (χ1n) is 11.1. The van der Waals surface area contributed by atoms with Gasteiger partial charge >= 0.3 is 11.9 Å². The number of nitrogens with zero attached hydrogens (tertiary/aromatic N) is 2. The van der Waals surface area contributed by atoms with Crippen LogP contribution in [0, 0.1) is 6.92 Å². The molecule has 0 saturated carbocycles. The van der Waals surface area contributed by atoms with Crippen LogP contribution in [0.4, 0.5) is 5.13 Å². The Balaban J connectivity index is 1.63. The Morgan fingerprint density at radius 1 is 1.31 bits per heavy atom. The van der Waals surface area contributed by atoms with E-state index in [1.54, 1.807) is 38.1 Å². The smallest absolute Gasteiger partial charge is 0.350 e. The van der Waals surface area contributed by atoms with Crippen molar-refractivity contribution in [2.24, 2.45) is 0 Å². The van der Waals surface area contributed by atoms with Crippen molar-refractivity contribution in [3.63, 3.8) is 0 Å². The normalized spacial score (nSPS) is 20.7. The zero-order valence-corrected chi connectivity index (χ0v) is 20.9. The third-order valence-corrected chi connectivity index (χ3v) is 7.94. The number of aliphatic hydroxyl groups is 1. The predicted octanol–water partition coefficient (Wildman–Crippen LogP) is 4.64. The summed E-state index contributed by atoms with van der Waals surface area (Å²) in [5.74, 6) is -1.67. The molecule has 2 atom stereocenters. The highest BCUT2D eigenvalue weighted by atomic mass is 32.1. The summed E-state index contributed by atoms with van der Waals surface area (Å²) in [6, 6.07) is 7.97. The minimum absolute atomic E-state index is 0.0186. The van der Waals surface area contributed by atoms with Crippen molar-refractivity contribution in [1.82, 2.24) is 4.98 Å². The topological polar surface area (TPSA) is 106 Å². The highest BCUT2D eigenvalue weighted by molar-refractivity contribution is 7.18. The van der Waals surface area contributed by atoms with Crippen LogP contribution in [0.15, 0.2) is 41.3 Å². The summed E-state index contributed by atoms with van der Waals surface area (Å²) >= 11 is 2.35. The summed E-state index contributed by atoms with van der Waals surface area (Å²) in [7, 11) is 0. The number of Topliss-reactive ketones (excluding diaryl/α,β-unsaturated/α-hetero) is 1. The number of carbonyl (C=O) groups is 3. The number of ether oxygens (including phenoxy) is 2. The van der Waals surface area contributed by atoms with Gasteiger partial charge in [-0.2, -0.15) is 0 Å². The third kappa shape index (κ3) is 3.92. The number of ketones is 1. The molecule has 0 aliphatic carbocycles. The Kier molecular flexibility index (Phi) is 5.94. The number of hydrogen-bond donors (Lipinski definition) is 1. The summed E-state index contributed by atoms with van der Waals surface area (Å²) in [6.45, 7) is 5.52. The molecule has 1 saturated heterocycles. The van der Waals surface area contributed by atoms with E-state index in [4.69, 9.17) is 9.47 Å². The van der Waals surface area contributed by atoms with E-state index in [9.17, 15) is 19.5 Å². The highest BCUT2D eigenvalue weighted by Gasteiger charge is 2.49. The number of carbonyl (C=O) groups excluding carboxylic acids is 3. The number of amides is 1. The van der Waals surface area contributed by atoms with E-state index in [-0.39, 0.29) is 34.1 Å². The van der Waals surface area contributed by atoms with Crippen molar-refractivity contribution in [3.05, 3.63) is 67.9 Å². The number of benzene rings is 1.